The highest BCUT2D eigenvalue weighted by molar-refractivity contribution is 7.89. The molecule has 1 heterocycles. The summed E-state index contributed by atoms with van der Waals surface area (Å²) in [6, 6.07) is 11.3. The molecule has 2 N–H and O–H groups in total. The summed E-state index contributed by atoms with van der Waals surface area (Å²) in [6.45, 7) is 3.31. The Bertz CT molecular complexity index is 1270. The quantitative estimate of drug-likeness (QED) is 0.480. The van der Waals surface area contributed by atoms with Gasteiger partial charge in [-0.2, -0.15) is 0 Å². The van der Waals surface area contributed by atoms with E-state index in [4.69, 9.17) is 14.6 Å². The Labute approximate surface area is 195 Å². The van der Waals surface area contributed by atoms with Crippen LogP contribution in [0.2, 0.25) is 0 Å². The molecule has 174 valence electrons. The van der Waals surface area contributed by atoms with Crippen LogP contribution in [-0.4, -0.2) is 32.4 Å². The fourth-order valence-electron chi connectivity index (χ4n) is 3.01. The van der Waals surface area contributed by atoms with E-state index in [1.54, 1.807) is 5.38 Å². The molecule has 3 aromatic rings. The monoisotopic (exact) mass is 489 g/mol. The van der Waals surface area contributed by atoms with Crippen molar-refractivity contribution in [1.29, 1.82) is 0 Å². The molecule has 0 aliphatic rings. The molecule has 0 spiro atoms. The summed E-state index contributed by atoms with van der Waals surface area (Å²) >= 11 is 1.23. The fraction of sp³-hybridized carbons (Fsp3) is 0.227. The van der Waals surface area contributed by atoms with E-state index >= 15 is 0 Å². The molecular weight excluding hydrogens is 466 g/mol. The van der Waals surface area contributed by atoms with Gasteiger partial charge in [-0.3, -0.25) is 9.69 Å². The Kier molecular flexibility index (Phi) is 7.46. The second-order valence-electron chi connectivity index (χ2n) is 6.98. The molecule has 1 amide bonds. The molecular formula is C22H23N3O6S2. The van der Waals surface area contributed by atoms with Gasteiger partial charge in [0.2, 0.25) is 15.9 Å². The first-order valence-corrected chi connectivity index (χ1v) is 12.3. The highest BCUT2D eigenvalue weighted by Crippen LogP contribution is 2.30. The third-order valence-electron chi connectivity index (χ3n) is 4.72. The number of amides is 1. The maximum Gasteiger partial charge on any atom is 0.342 e. The number of methoxy groups -OCH3 is 1. The van der Waals surface area contributed by atoms with Crippen molar-refractivity contribution in [2.75, 3.05) is 12.0 Å². The topological polar surface area (TPSA) is 129 Å². The molecule has 0 saturated carbocycles. The molecule has 0 atom stereocenters. The van der Waals surface area contributed by atoms with Gasteiger partial charge in [0.15, 0.2) is 5.13 Å². The molecule has 33 heavy (non-hydrogen) atoms. The first-order valence-electron chi connectivity index (χ1n) is 9.86. The number of benzene rings is 2. The van der Waals surface area contributed by atoms with Gasteiger partial charge in [-0.05, 0) is 42.3 Å². The molecule has 0 fully saturated rings. The van der Waals surface area contributed by atoms with E-state index in [1.807, 2.05) is 31.2 Å². The molecule has 0 aliphatic carbocycles. The molecule has 0 bridgehead atoms. The van der Waals surface area contributed by atoms with Crippen molar-refractivity contribution in [3.05, 3.63) is 64.7 Å². The summed E-state index contributed by atoms with van der Waals surface area (Å²) in [5.41, 5.74) is 2.18. The van der Waals surface area contributed by atoms with Crippen LogP contribution < -0.4 is 14.8 Å². The smallest absolute Gasteiger partial charge is 0.342 e. The van der Waals surface area contributed by atoms with Gasteiger partial charge in [0.1, 0.15) is 17.9 Å². The molecule has 1 aromatic heterocycles. The summed E-state index contributed by atoms with van der Waals surface area (Å²) in [5, 5.41) is 7.25. The predicted octanol–water partition coefficient (Wildman–Crippen LogP) is 3.40. The van der Waals surface area contributed by atoms with Gasteiger partial charge < -0.3 is 9.47 Å². The molecule has 0 aliphatic heterocycles. The van der Waals surface area contributed by atoms with Crippen molar-refractivity contribution >= 4 is 44.1 Å². The largest absolute Gasteiger partial charge is 0.496 e. The summed E-state index contributed by atoms with van der Waals surface area (Å²) < 4.78 is 33.6. The molecule has 11 heteroatoms. The molecule has 0 unspecified atom stereocenters. The lowest BCUT2D eigenvalue weighted by atomic mass is 10.1. The van der Waals surface area contributed by atoms with Crippen LogP contribution in [0.5, 0.6) is 5.75 Å². The van der Waals surface area contributed by atoms with Crippen LogP contribution in [0.4, 0.5) is 10.8 Å². The van der Waals surface area contributed by atoms with Gasteiger partial charge in [-0.15, -0.1) is 11.3 Å². The maximum absolute atomic E-state index is 12.6. The lowest BCUT2D eigenvalue weighted by molar-refractivity contribution is -0.115. The van der Waals surface area contributed by atoms with Crippen LogP contribution in [-0.2, 0) is 32.6 Å². The number of aromatic nitrogens is 1. The van der Waals surface area contributed by atoms with Crippen LogP contribution in [0, 0.1) is 0 Å². The number of nitrogens with two attached hydrogens (primary N) is 1. The number of rotatable bonds is 8. The molecule has 0 saturated heterocycles. The number of nitrogens with zero attached hydrogens (tertiary/aromatic N) is 2. The number of anilines is 2. The number of thiazole rings is 1. The minimum Gasteiger partial charge on any atom is -0.496 e. The molecule has 2 aromatic carbocycles. The van der Waals surface area contributed by atoms with Crippen molar-refractivity contribution in [1.82, 2.24) is 4.98 Å². The summed E-state index contributed by atoms with van der Waals surface area (Å²) in [7, 11) is -2.66. The lowest BCUT2D eigenvalue weighted by Gasteiger charge is -2.18. The van der Waals surface area contributed by atoms with Crippen molar-refractivity contribution in [3.8, 4) is 5.75 Å². The van der Waals surface area contributed by atoms with E-state index in [0.29, 0.717) is 16.5 Å². The van der Waals surface area contributed by atoms with Gasteiger partial charge in [0, 0.05) is 12.3 Å². The normalized spacial score (nSPS) is 11.2. The number of primary sulfonamides is 1. The number of carbonyl (C=O) groups excluding carboxylic acids is 2. The minimum absolute atomic E-state index is 0.0825. The summed E-state index contributed by atoms with van der Waals surface area (Å²) in [5.74, 6) is -0.864. The first-order chi connectivity index (χ1) is 15.6. The zero-order valence-corrected chi connectivity index (χ0v) is 19.9. The third kappa shape index (κ3) is 5.75. The Hall–Kier alpha value is -3.28. The van der Waals surface area contributed by atoms with Gasteiger partial charge in [-0.1, -0.05) is 19.1 Å². The summed E-state index contributed by atoms with van der Waals surface area (Å²) in [4.78, 5) is 30.5. The number of hydrogen-bond donors (Lipinski definition) is 1. The highest BCUT2D eigenvalue weighted by atomic mass is 32.2. The Balaban J connectivity index is 1.78. The van der Waals surface area contributed by atoms with Gasteiger partial charge >= 0.3 is 5.97 Å². The highest BCUT2D eigenvalue weighted by Gasteiger charge is 2.21. The number of sulfonamides is 1. The molecule has 3 rings (SSSR count). The van der Waals surface area contributed by atoms with E-state index in [1.165, 1.54) is 42.4 Å². The average molecular weight is 490 g/mol. The second-order valence-corrected chi connectivity index (χ2v) is 9.38. The summed E-state index contributed by atoms with van der Waals surface area (Å²) in [6.07, 6.45) is 0.887. The van der Waals surface area contributed by atoms with Crippen molar-refractivity contribution < 1.29 is 27.5 Å². The van der Waals surface area contributed by atoms with Gasteiger partial charge in [0.05, 0.1) is 23.4 Å². The van der Waals surface area contributed by atoms with Gasteiger partial charge in [-0.25, -0.2) is 23.3 Å². The van der Waals surface area contributed by atoms with Crippen molar-refractivity contribution in [3.63, 3.8) is 0 Å². The zero-order valence-electron chi connectivity index (χ0n) is 18.3. The Morgan fingerprint density at radius 1 is 1.15 bits per heavy atom. The minimum atomic E-state index is -4.01. The maximum atomic E-state index is 12.6. The number of hydrogen-bond acceptors (Lipinski definition) is 8. The molecule has 0 radical (unpaired) electrons. The van der Waals surface area contributed by atoms with Crippen LogP contribution >= 0.6 is 11.3 Å². The van der Waals surface area contributed by atoms with Crippen molar-refractivity contribution in [2.24, 2.45) is 5.14 Å². The van der Waals surface area contributed by atoms with Crippen LogP contribution in [0.1, 0.15) is 35.5 Å². The Morgan fingerprint density at radius 2 is 1.85 bits per heavy atom. The van der Waals surface area contributed by atoms with Crippen LogP contribution in [0.25, 0.3) is 0 Å². The average Bonchev–Trinajstić information content (AvgIpc) is 3.25. The standard InChI is InChI=1S/C22H23N3O6S2/c1-4-15-5-7-17(8-6-15)25(14(2)26)22-24-16(13-32-22)12-31-21(27)19-11-18(33(23,28)29)9-10-20(19)30-3/h5-11,13H,4,12H2,1-3H3,(H2,23,28,29). The van der Waals surface area contributed by atoms with Crippen LogP contribution in [0.15, 0.2) is 52.7 Å². The zero-order chi connectivity index (χ0) is 24.2. The second kappa shape index (κ2) is 10.1. The van der Waals surface area contributed by atoms with E-state index in [0.717, 1.165) is 18.1 Å². The van der Waals surface area contributed by atoms with E-state index in [9.17, 15) is 18.0 Å². The van der Waals surface area contributed by atoms with Crippen molar-refractivity contribution in [2.45, 2.75) is 31.8 Å². The molecule has 9 nitrogen and oxygen atoms in total. The van der Waals surface area contributed by atoms with Crippen LogP contribution in [0.3, 0.4) is 0 Å². The first kappa shape index (κ1) is 24.4. The number of ether oxygens (including phenoxy) is 2. The SMILES string of the molecule is CCc1ccc(N(C(C)=O)c2nc(COC(=O)c3cc(S(N)(=O)=O)ccc3OC)cs2)cc1. The fourth-order valence-corrected chi connectivity index (χ4v) is 4.43. The van der Waals surface area contributed by atoms with E-state index in [-0.39, 0.29) is 28.7 Å². The third-order valence-corrected chi connectivity index (χ3v) is 6.50. The van der Waals surface area contributed by atoms with E-state index in [2.05, 4.69) is 4.98 Å². The lowest BCUT2D eigenvalue weighted by Crippen LogP contribution is -2.22. The number of esters is 1. The predicted molar refractivity (Wildman–Crippen MR) is 124 cm³/mol. The van der Waals surface area contributed by atoms with E-state index < -0.39 is 16.0 Å². The number of aryl methyl sites for hydroxylation is 1. The Morgan fingerprint density at radius 3 is 2.42 bits per heavy atom. The number of carbonyl (C=O) groups is 2. The van der Waals surface area contributed by atoms with Gasteiger partial charge in [0.25, 0.3) is 0 Å².